The first kappa shape index (κ1) is 20.6. The highest BCUT2D eigenvalue weighted by atomic mass is 16.5. The van der Waals surface area contributed by atoms with Crippen LogP contribution in [-0.4, -0.2) is 33.5 Å². The molecule has 2 amide bonds. The smallest absolute Gasteiger partial charge is 0.409 e. The van der Waals surface area contributed by atoms with Crippen molar-refractivity contribution >= 4 is 12.0 Å². The number of hydrogen-bond acceptors (Lipinski definition) is 5. The normalized spacial score (nSPS) is 18.0. The molecule has 0 unspecified atom stereocenters. The van der Waals surface area contributed by atoms with E-state index in [0.29, 0.717) is 12.3 Å². The number of carbonyl (C=O) groups is 2. The van der Waals surface area contributed by atoms with Crippen molar-refractivity contribution in [1.29, 1.82) is 0 Å². The van der Waals surface area contributed by atoms with Gasteiger partial charge in [0.1, 0.15) is 5.75 Å². The van der Waals surface area contributed by atoms with E-state index in [2.05, 4.69) is 15.6 Å². The molecule has 160 valence electrons. The van der Waals surface area contributed by atoms with E-state index in [9.17, 15) is 9.59 Å². The van der Waals surface area contributed by atoms with Gasteiger partial charge in [0, 0.05) is 18.0 Å². The number of rotatable bonds is 6. The predicted octanol–water partition coefficient (Wildman–Crippen LogP) is 3.55. The van der Waals surface area contributed by atoms with Gasteiger partial charge in [-0.15, -0.1) is 5.10 Å². The Morgan fingerprint density at radius 3 is 2.35 bits per heavy atom. The molecular formula is C23H25N5O3. The van der Waals surface area contributed by atoms with Crippen LogP contribution >= 0.6 is 0 Å². The summed E-state index contributed by atoms with van der Waals surface area (Å²) >= 11 is 0. The molecule has 4 rings (SSSR count). The van der Waals surface area contributed by atoms with Crippen molar-refractivity contribution in [3.05, 3.63) is 54.7 Å². The molecule has 0 spiro atoms. The first-order valence-electron chi connectivity index (χ1n) is 10.4. The van der Waals surface area contributed by atoms with Gasteiger partial charge in [0.15, 0.2) is 0 Å². The molecular weight excluding hydrogens is 394 g/mol. The van der Waals surface area contributed by atoms with E-state index in [-0.39, 0.29) is 17.9 Å². The van der Waals surface area contributed by atoms with Crippen LogP contribution in [0.15, 0.2) is 54.7 Å². The Kier molecular flexibility index (Phi) is 5.97. The van der Waals surface area contributed by atoms with E-state index in [4.69, 9.17) is 10.5 Å². The fourth-order valence-corrected chi connectivity index (χ4v) is 4.12. The molecule has 0 saturated heterocycles. The van der Waals surface area contributed by atoms with Crippen molar-refractivity contribution < 1.29 is 14.3 Å². The molecule has 31 heavy (non-hydrogen) atoms. The standard InChI is InChI=1S/C23H25N5O3/c1-2-25-22(29)18-7-10-19(13-18)28-21(14-26-27-28)17-5-3-15(4-6-17)16-8-11-20(12-9-16)31-23(24)30/h3-6,8-9,11-12,14,18-19H,2,7,10,13H2,1H3,(H2,24,30)(H,25,29)/t18-,19+/m0/s1. The van der Waals surface area contributed by atoms with Crippen LogP contribution in [0.4, 0.5) is 4.79 Å². The molecule has 0 bridgehead atoms. The summed E-state index contributed by atoms with van der Waals surface area (Å²) in [5.41, 5.74) is 9.03. The SMILES string of the molecule is CCNC(=O)[C@H]1CC[C@@H](n2nncc2-c2ccc(-c3ccc(OC(N)=O)cc3)cc2)C1. The second-order valence-electron chi connectivity index (χ2n) is 7.65. The molecule has 1 saturated carbocycles. The Labute approximate surface area is 180 Å². The molecule has 3 aromatic rings. The molecule has 0 radical (unpaired) electrons. The third-order valence-corrected chi connectivity index (χ3v) is 5.63. The van der Waals surface area contributed by atoms with E-state index in [1.165, 1.54) is 0 Å². The highest BCUT2D eigenvalue weighted by Gasteiger charge is 2.32. The van der Waals surface area contributed by atoms with Crippen LogP contribution in [0.2, 0.25) is 0 Å². The van der Waals surface area contributed by atoms with Crippen LogP contribution in [-0.2, 0) is 4.79 Å². The molecule has 1 aliphatic rings. The summed E-state index contributed by atoms with van der Waals surface area (Å²) in [5.74, 6) is 0.569. The van der Waals surface area contributed by atoms with Crippen molar-refractivity contribution in [3.63, 3.8) is 0 Å². The minimum atomic E-state index is -0.832. The molecule has 8 nitrogen and oxygen atoms in total. The molecule has 2 atom stereocenters. The van der Waals surface area contributed by atoms with E-state index in [0.717, 1.165) is 41.6 Å². The van der Waals surface area contributed by atoms with E-state index in [1.807, 2.05) is 48.0 Å². The van der Waals surface area contributed by atoms with E-state index in [1.54, 1.807) is 18.3 Å². The lowest BCUT2D eigenvalue weighted by Gasteiger charge is -2.14. The maximum absolute atomic E-state index is 12.2. The number of nitrogens with two attached hydrogens (primary N) is 1. The summed E-state index contributed by atoms with van der Waals surface area (Å²) in [4.78, 5) is 23.0. The molecule has 1 fully saturated rings. The zero-order valence-electron chi connectivity index (χ0n) is 17.3. The van der Waals surface area contributed by atoms with Gasteiger partial charge in [-0.05, 0) is 49.4 Å². The summed E-state index contributed by atoms with van der Waals surface area (Å²) in [7, 11) is 0. The highest BCUT2D eigenvalue weighted by molar-refractivity contribution is 5.79. The number of benzene rings is 2. The Morgan fingerprint density at radius 2 is 1.71 bits per heavy atom. The number of hydrogen-bond donors (Lipinski definition) is 2. The van der Waals surface area contributed by atoms with Crippen molar-refractivity contribution in [2.45, 2.75) is 32.2 Å². The minimum Gasteiger partial charge on any atom is -0.411 e. The molecule has 8 heteroatoms. The number of primary amides is 1. The zero-order valence-corrected chi connectivity index (χ0v) is 17.3. The quantitative estimate of drug-likeness (QED) is 0.635. The van der Waals surface area contributed by atoms with Gasteiger partial charge in [0.2, 0.25) is 5.91 Å². The minimum absolute atomic E-state index is 0.0332. The fraction of sp³-hybridized carbons (Fsp3) is 0.304. The van der Waals surface area contributed by atoms with Gasteiger partial charge in [0.05, 0.1) is 17.9 Å². The predicted molar refractivity (Wildman–Crippen MR) is 116 cm³/mol. The van der Waals surface area contributed by atoms with Gasteiger partial charge < -0.3 is 15.8 Å². The topological polar surface area (TPSA) is 112 Å². The lowest BCUT2D eigenvalue weighted by molar-refractivity contribution is -0.124. The molecule has 1 heterocycles. The summed E-state index contributed by atoms with van der Waals surface area (Å²) in [6.07, 6.45) is 3.49. The first-order chi connectivity index (χ1) is 15.0. The van der Waals surface area contributed by atoms with Gasteiger partial charge in [0.25, 0.3) is 0 Å². The Hall–Kier alpha value is -3.68. The van der Waals surface area contributed by atoms with Gasteiger partial charge >= 0.3 is 6.09 Å². The summed E-state index contributed by atoms with van der Waals surface area (Å²) in [5, 5.41) is 11.4. The molecule has 3 N–H and O–H groups in total. The van der Waals surface area contributed by atoms with Crippen LogP contribution in [0.3, 0.4) is 0 Å². The molecule has 0 aliphatic heterocycles. The lowest BCUT2D eigenvalue weighted by Crippen LogP contribution is -2.29. The second kappa shape index (κ2) is 8.99. The average Bonchev–Trinajstić information content (AvgIpc) is 3.44. The van der Waals surface area contributed by atoms with Gasteiger partial charge in [-0.2, -0.15) is 0 Å². The van der Waals surface area contributed by atoms with Gasteiger partial charge in [-0.3, -0.25) is 4.79 Å². The van der Waals surface area contributed by atoms with Crippen LogP contribution in [0, 0.1) is 5.92 Å². The molecule has 2 aromatic carbocycles. The van der Waals surface area contributed by atoms with Crippen LogP contribution in [0.25, 0.3) is 22.4 Å². The fourth-order valence-electron chi connectivity index (χ4n) is 4.12. The van der Waals surface area contributed by atoms with E-state index >= 15 is 0 Å². The third kappa shape index (κ3) is 4.58. The van der Waals surface area contributed by atoms with Crippen LogP contribution in [0.1, 0.15) is 32.2 Å². The summed E-state index contributed by atoms with van der Waals surface area (Å²) < 4.78 is 6.82. The number of ether oxygens (including phenoxy) is 1. The summed E-state index contributed by atoms with van der Waals surface area (Å²) in [6, 6.07) is 15.5. The van der Waals surface area contributed by atoms with Crippen molar-refractivity contribution in [1.82, 2.24) is 20.3 Å². The third-order valence-electron chi connectivity index (χ3n) is 5.63. The number of carbonyl (C=O) groups excluding carboxylic acids is 2. The van der Waals surface area contributed by atoms with Gasteiger partial charge in [-0.1, -0.05) is 41.6 Å². The maximum Gasteiger partial charge on any atom is 0.409 e. The Bertz CT molecular complexity index is 1060. The number of nitrogens with one attached hydrogen (secondary N) is 1. The highest BCUT2D eigenvalue weighted by Crippen LogP contribution is 2.37. The van der Waals surface area contributed by atoms with Crippen molar-refractivity contribution in [2.24, 2.45) is 11.7 Å². The number of aromatic nitrogens is 3. The lowest BCUT2D eigenvalue weighted by atomic mass is 10.0. The zero-order chi connectivity index (χ0) is 21.8. The molecule has 1 aliphatic carbocycles. The maximum atomic E-state index is 12.2. The average molecular weight is 419 g/mol. The summed E-state index contributed by atoms with van der Waals surface area (Å²) in [6.45, 7) is 2.59. The Balaban J connectivity index is 1.49. The number of amides is 2. The largest absolute Gasteiger partial charge is 0.411 e. The second-order valence-corrected chi connectivity index (χ2v) is 7.65. The first-order valence-corrected chi connectivity index (χ1v) is 10.4. The monoisotopic (exact) mass is 419 g/mol. The van der Waals surface area contributed by atoms with Crippen molar-refractivity contribution in [2.75, 3.05) is 6.54 Å². The number of nitrogens with zero attached hydrogens (tertiary/aromatic N) is 3. The van der Waals surface area contributed by atoms with Crippen molar-refractivity contribution in [3.8, 4) is 28.1 Å². The van der Waals surface area contributed by atoms with E-state index < -0.39 is 6.09 Å². The molecule has 1 aromatic heterocycles. The van der Waals surface area contributed by atoms with Crippen LogP contribution in [0.5, 0.6) is 5.75 Å². The Morgan fingerprint density at radius 1 is 1.06 bits per heavy atom. The van der Waals surface area contributed by atoms with Gasteiger partial charge in [-0.25, -0.2) is 9.48 Å². The van der Waals surface area contributed by atoms with Crippen LogP contribution < -0.4 is 15.8 Å².